The number of furan rings is 1. The number of nitrogens with zero attached hydrogens (tertiary/aromatic N) is 3. The minimum absolute atomic E-state index is 0.00245. The van der Waals surface area contributed by atoms with Gasteiger partial charge in [0, 0.05) is 28.4 Å². The van der Waals surface area contributed by atoms with Gasteiger partial charge in [0.05, 0.1) is 18.7 Å². The molecule has 6 nitrogen and oxygen atoms in total. The van der Waals surface area contributed by atoms with Crippen LogP contribution in [-0.2, 0) is 0 Å². The molecular weight excluding hydrogens is 393 g/mol. The zero-order valence-corrected chi connectivity index (χ0v) is 18.7. The summed E-state index contributed by atoms with van der Waals surface area (Å²) in [6.45, 7) is 8.88. The summed E-state index contributed by atoms with van der Waals surface area (Å²) in [7, 11) is 2.15. The van der Waals surface area contributed by atoms with E-state index in [9.17, 15) is 4.39 Å². The van der Waals surface area contributed by atoms with Crippen molar-refractivity contribution in [1.29, 1.82) is 0 Å². The molecule has 1 aliphatic heterocycles. The first-order valence-corrected chi connectivity index (χ1v) is 10.6. The van der Waals surface area contributed by atoms with E-state index in [-0.39, 0.29) is 22.9 Å². The highest BCUT2D eigenvalue weighted by Crippen LogP contribution is 2.38. The molecular formula is C24H30FN5O. The molecule has 0 aliphatic carbocycles. The first-order chi connectivity index (χ1) is 14.6. The zero-order valence-electron chi connectivity index (χ0n) is 18.7. The van der Waals surface area contributed by atoms with Crippen LogP contribution in [-0.4, -0.2) is 39.0 Å². The van der Waals surface area contributed by atoms with E-state index in [0.717, 1.165) is 29.7 Å². The monoisotopic (exact) mass is 423 g/mol. The molecule has 3 heterocycles. The summed E-state index contributed by atoms with van der Waals surface area (Å²) in [6.07, 6.45) is 6.34. The topological polar surface area (TPSA) is 66.2 Å². The van der Waals surface area contributed by atoms with Gasteiger partial charge >= 0.3 is 0 Å². The van der Waals surface area contributed by atoms with Gasteiger partial charge in [-0.1, -0.05) is 12.1 Å². The predicted molar refractivity (Wildman–Crippen MR) is 122 cm³/mol. The molecule has 164 valence electrons. The second-order valence-electron chi connectivity index (χ2n) is 9.54. The average Bonchev–Trinajstić information content (AvgIpc) is 3.23. The van der Waals surface area contributed by atoms with E-state index in [2.05, 4.69) is 60.2 Å². The Morgan fingerprint density at radius 3 is 2.52 bits per heavy atom. The molecule has 0 amide bonds. The zero-order chi connectivity index (χ0) is 22.2. The predicted octanol–water partition coefficient (Wildman–Crippen LogP) is 5.68. The molecule has 0 saturated carbocycles. The van der Waals surface area contributed by atoms with Crippen molar-refractivity contribution in [2.45, 2.75) is 57.7 Å². The molecule has 3 aromatic rings. The third-order valence-corrected chi connectivity index (χ3v) is 6.37. The van der Waals surface area contributed by atoms with Crippen molar-refractivity contribution < 1.29 is 8.81 Å². The highest BCUT2D eigenvalue weighted by molar-refractivity contribution is 5.69. The molecule has 0 spiro atoms. The third-order valence-electron chi connectivity index (χ3n) is 6.37. The summed E-state index contributed by atoms with van der Waals surface area (Å²) in [6, 6.07) is 9.86. The van der Waals surface area contributed by atoms with Gasteiger partial charge in [0.2, 0.25) is 5.95 Å². The van der Waals surface area contributed by atoms with E-state index in [1.165, 1.54) is 6.20 Å². The van der Waals surface area contributed by atoms with Gasteiger partial charge in [-0.2, -0.15) is 4.98 Å². The fraction of sp³-hybridized carbons (Fsp3) is 0.417. The van der Waals surface area contributed by atoms with Gasteiger partial charge in [-0.15, -0.1) is 0 Å². The molecule has 0 bridgehead atoms. The Kier molecular flexibility index (Phi) is 5.47. The van der Waals surface area contributed by atoms with Gasteiger partial charge in [0.25, 0.3) is 0 Å². The quantitative estimate of drug-likeness (QED) is 0.550. The van der Waals surface area contributed by atoms with E-state index in [1.807, 2.05) is 30.3 Å². The minimum Gasteiger partial charge on any atom is -0.472 e. The summed E-state index contributed by atoms with van der Waals surface area (Å²) in [4.78, 5) is 11.0. The Hall–Kier alpha value is -2.93. The summed E-state index contributed by atoms with van der Waals surface area (Å²) < 4.78 is 19.7. The first kappa shape index (κ1) is 21.3. The lowest BCUT2D eigenvalue weighted by molar-refractivity contribution is -0.00778. The van der Waals surface area contributed by atoms with Crippen LogP contribution in [0.5, 0.6) is 0 Å². The lowest BCUT2D eigenvalue weighted by Gasteiger charge is -2.53. The number of benzene rings is 1. The van der Waals surface area contributed by atoms with Crippen molar-refractivity contribution in [2.75, 3.05) is 17.7 Å². The number of rotatable bonds is 5. The number of hydrogen-bond acceptors (Lipinski definition) is 6. The van der Waals surface area contributed by atoms with Crippen LogP contribution in [0.4, 0.5) is 21.8 Å². The standard InChI is InChI=1S/C24H30FN5O/c1-23(2)12-19(13-24(3,4)30(23)5)27-21-20(25)14-26-22(29-21)28-18-8-6-7-16(11-18)17-9-10-31-15-17/h6-11,14-15,19H,12-13H2,1-5H3,(H2,26,27,28,29). The normalized spacial score (nSPS) is 18.6. The maximum Gasteiger partial charge on any atom is 0.229 e. The second-order valence-corrected chi connectivity index (χ2v) is 9.54. The molecule has 2 aromatic heterocycles. The molecule has 7 heteroatoms. The summed E-state index contributed by atoms with van der Waals surface area (Å²) in [5.41, 5.74) is 2.81. The van der Waals surface area contributed by atoms with Crippen LogP contribution in [0.1, 0.15) is 40.5 Å². The molecule has 0 atom stereocenters. The molecule has 1 aliphatic rings. The van der Waals surface area contributed by atoms with Crippen LogP contribution in [0.25, 0.3) is 11.1 Å². The summed E-state index contributed by atoms with van der Waals surface area (Å²) >= 11 is 0. The average molecular weight is 424 g/mol. The van der Waals surface area contributed by atoms with Gasteiger partial charge in [-0.05, 0) is 71.3 Å². The van der Waals surface area contributed by atoms with E-state index < -0.39 is 5.82 Å². The number of aromatic nitrogens is 2. The SMILES string of the molecule is CN1C(C)(C)CC(Nc2nc(Nc3cccc(-c4ccoc4)c3)ncc2F)CC1(C)C. The Balaban J connectivity index is 1.52. The smallest absolute Gasteiger partial charge is 0.229 e. The van der Waals surface area contributed by atoms with Gasteiger partial charge in [-0.3, -0.25) is 4.90 Å². The van der Waals surface area contributed by atoms with Crippen LogP contribution < -0.4 is 10.6 Å². The molecule has 1 saturated heterocycles. The molecule has 31 heavy (non-hydrogen) atoms. The van der Waals surface area contributed by atoms with Gasteiger partial charge in [0.1, 0.15) is 0 Å². The number of nitrogens with one attached hydrogen (secondary N) is 2. The Morgan fingerprint density at radius 2 is 1.84 bits per heavy atom. The summed E-state index contributed by atoms with van der Waals surface area (Å²) in [5, 5.41) is 6.52. The Bertz CT molecular complexity index is 1030. The van der Waals surface area contributed by atoms with Crippen molar-refractivity contribution in [3.63, 3.8) is 0 Å². The number of anilines is 3. The highest BCUT2D eigenvalue weighted by atomic mass is 19.1. The summed E-state index contributed by atoms with van der Waals surface area (Å²) in [5.74, 6) is 0.122. The van der Waals surface area contributed by atoms with Gasteiger partial charge in [-0.25, -0.2) is 9.37 Å². The fourth-order valence-electron chi connectivity index (χ4n) is 4.53. The fourth-order valence-corrected chi connectivity index (χ4v) is 4.53. The molecule has 4 rings (SSSR count). The van der Waals surface area contributed by atoms with E-state index in [1.54, 1.807) is 12.5 Å². The lowest BCUT2D eigenvalue weighted by Crippen LogP contribution is -2.61. The highest BCUT2D eigenvalue weighted by Gasteiger charge is 2.43. The van der Waals surface area contributed by atoms with Crippen LogP contribution in [0.15, 0.2) is 53.5 Å². The largest absolute Gasteiger partial charge is 0.472 e. The maximum absolute atomic E-state index is 14.5. The number of hydrogen-bond donors (Lipinski definition) is 2. The molecule has 2 N–H and O–H groups in total. The van der Waals surface area contributed by atoms with Crippen LogP contribution in [0.2, 0.25) is 0 Å². The third kappa shape index (κ3) is 4.56. The van der Waals surface area contributed by atoms with E-state index >= 15 is 0 Å². The molecule has 0 radical (unpaired) electrons. The van der Waals surface area contributed by atoms with Gasteiger partial charge in [0.15, 0.2) is 11.6 Å². The lowest BCUT2D eigenvalue weighted by atomic mass is 9.77. The number of halogens is 1. The molecule has 0 unspecified atom stereocenters. The van der Waals surface area contributed by atoms with Crippen molar-refractivity contribution in [3.8, 4) is 11.1 Å². The van der Waals surface area contributed by atoms with Crippen molar-refractivity contribution in [1.82, 2.24) is 14.9 Å². The van der Waals surface area contributed by atoms with Crippen LogP contribution in [0, 0.1) is 5.82 Å². The van der Waals surface area contributed by atoms with E-state index in [4.69, 9.17) is 4.42 Å². The second kappa shape index (κ2) is 7.96. The van der Waals surface area contributed by atoms with Gasteiger partial charge < -0.3 is 15.1 Å². The molecule has 1 aromatic carbocycles. The maximum atomic E-state index is 14.5. The molecule has 1 fully saturated rings. The van der Waals surface area contributed by atoms with Crippen molar-refractivity contribution >= 4 is 17.5 Å². The van der Waals surface area contributed by atoms with Crippen LogP contribution in [0.3, 0.4) is 0 Å². The Labute approximate surface area is 182 Å². The minimum atomic E-state index is -0.452. The number of piperidine rings is 1. The van der Waals surface area contributed by atoms with Crippen molar-refractivity contribution in [3.05, 3.63) is 54.9 Å². The first-order valence-electron chi connectivity index (χ1n) is 10.6. The Morgan fingerprint density at radius 1 is 1.10 bits per heavy atom. The van der Waals surface area contributed by atoms with E-state index in [0.29, 0.717) is 5.95 Å². The van der Waals surface area contributed by atoms with Crippen molar-refractivity contribution in [2.24, 2.45) is 0 Å². The van der Waals surface area contributed by atoms with Crippen LogP contribution >= 0.6 is 0 Å². The number of likely N-dealkylation sites (tertiary alicyclic amines) is 1.